The number of carbonyl (C=O) groups is 1. The lowest BCUT2D eigenvalue weighted by molar-refractivity contribution is 0.00912. The topological polar surface area (TPSA) is 51.2 Å². The lowest BCUT2D eigenvalue weighted by Crippen LogP contribution is -2.52. The second-order valence-corrected chi connectivity index (χ2v) is 15.5. The fraction of sp³-hybridized carbons (Fsp3) is 0.490. The monoisotopic (exact) mass is 751 g/mol. The highest BCUT2D eigenvalue weighted by molar-refractivity contribution is 5.76. The van der Waals surface area contributed by atoms with Crippen LogP contribution < -0.4 is 0 Å². The maximum Gasteiger partial charge on any atom is 0.410 e. The normalized spacial score (nSPS) is 21.6. The summed E-state index contributed by atoms with van der Waals surface area (Å²) in [6, 6.07) is 20.5. The summed E-state index contributed by atoms with van der Waals surface area (Å²) >= 11 is 0. The van der Waals surface area contributed by atoms with Crippen molar-refractivity contribution in [3.8, 4) is 0 Å². The quantitative estimate of drug-likeness (QED) is 0.142. The second kappa shape index (κ2) is 22.9. The predicted molar refractivity (Wildman–Crippen MR) is 232 cm³/mol. The van der Waals surface area contributed by atoms with Gasteiger partial charge in [0.25, 0.3) is 0 Å². The Labute approximate surface area is 334 Å². The summed E-state index contributed by atoms with van der Waals surface area (Å²) in [5, 5.41) is 0. The van der Waals surface area contributed by atoms with E-state index in [1.165, 1.54) is 31.2 Å². The summed E-state index contributed by atoms with van der Waals surface area (Å²) in [6.45, 7) is 28.7. The molecule has 1 aliphatic heterocycles. The third kappa shape index (κ3) is 14.7. The van der Waals surface area contributed by atoms with Crippen molar-refractivity contribution in [1.29, 1.82) is 0 Å². The van der Waals surface area contributed by atoms with Crippen LogP contribution in [0.15, 0.2) is 121 Å². The fourth-order valence-corrected chi connectivity index (χ4v) is 7.16. The van der Waals surface area contributed by atoms with Crippen LogP contribution >= 0.6 is 0 Å². The van der Waals surface area contributed by atoms with Gasteiger partial charge in [-0.2, -0.15) is 0 Å². The number of piperazine rings is 1. The van der Waals surface area contributed by atoms with Gasteiger partial charge in [-0.3, -0.25) is 4.90 Å². The Hall–Kier alpha value is -4.29. The zero-order valence-corrected chi connectivity index (χ0v) is 35.5. The summed E-state index contributed by atoms with van der Waals surface area (Å²) in [5.41, 5.74) is 5.08. The number of rotatable bonds is 14. The molecule has 4 unspecified atom stereocenters. The molecule has 300 valence electrons. The summed E-state index contributed by atoms with van der Waals surface area (Å²) in [7, 11) is 0. The zero-order valence-electron chi connectivity index (χ0n) is 35.5. The average molecular weight is 751 g/mol. The van der Waals surface area contributed by atoms with Crippen molar-refractivity contribution < 1.29 is 19.0 Å². The number of allylic oxidation sites excluding steroid dienone is 7. The van der Waals surface area contributed by atoms with Gasteiger partial charge in [-0.25, -0.2) is 4.79 Å². The standard InChI is InChI=1S/C30H34O2.C17H30N2O2.C2H6/c1-6-12-26(8-3)22-32-29(13-7-2)20-21-30(28-18-16-24(4)17-19-28)25(5)31-23-27-14-10-9-11-15-27;1-5-12-6-7-13(10-12)18-8-9-19(15-11-14(15)18)16(20)21-17(2,3)4;1-2/h6,8-21H,1,3,7,22-23H2,2,4-5H3;12-15H,5-11H2,1-4H3;1-2H3/b21-20-,26-12+,29-13-,30-25-;;. The van der Waals surface area contributed by atoms with Gasteiger partial charge >= 0.3 is 6.09 Å². The number of ether oxygens (including phenoxy) is 3. The first kappa shape index (κ1) is 45.1. The van der Waals surface area contributed by atoms with Crippen LogP contribution in [0.1, 0.15) is 111 Å². The summed E-state index contributed by atoms with van der Waals surface area (Å²) in [6.07, 6.45) is 18.9. The summed E-state index contributed by atoms with van der Waals surface area (Å²) < 4.78 is 17.7. The van der Waals surface area contributed by atoms with Crippen molar-refractivity contribution in [3.05, 3.63) is 138 Å². The molecule has 2 aliphatic carbocycles. The van der Waals surface area contributed by atoms with E-state index in [4.69, 9.17) is 14.2 Å². The first-order valence-corrected chi connectivity index (χ1v) is 20.6. The van der Waals surface area contributed by atoms with Crippen molar-refractivity contribution in [2.75, 3.05) is 19.7 Å². The molecule has 1 heterocycles. The highest BCUT2D eigenvalue weighted by atomic mass is 16.6. The van der Waals surface area contributed by atoms with Crippen LogP contribution in [0.4, 0.5) is 4.79 Å². The molecule has 2 aromatic carbocycles. The van der Waals surface area contributed by atoms with Gasteiger partial charge in [0.2, 0.25) is 0 Å². The molecule has 6 heteroatoms. The summed E-state index contributed by atoms with van der Waals surface area (Å²) in [5.74, 6) is 2.60. The molecule has 0 spiro atoms. The molecule has 1 saturated heterocycles. The molecule has 1 amide bonds. The lowest BCUT2D eigenvalue weighted by atomic mass is 10.0. The molecule has 5 rings (SSSR count). The van der Waals surface area contributed by atoms with Crippen molar-refractivity contribution >= 4 is 11.7 Å². The van der Waals surface area contributed by atoms with Crippen LogP contribution in [-0.2, 0) is 20.8 Å². The van der Waals surface area contributed by atoms with E-state index in [0.717, 1.165) is 71.7 Å². The molecule has 0 N–H and O–H groups in total. The van der Waals surface area contributed by atoms with Gasteiger partial charge < -0.3 is 19.1 Å². The number of amides is 1. The number of hydrogen-bond acceptors (Lipinski definition) is 5. The van der Waals surface area contributed by atoms with E-state index in [9.17, 15) is 4.79 Å². The number of hydrogen-bond donors (Lipinski definition) is 0. The molecule has 2 aromatic rings. The molecule has 3 aliphatic rings. The first-order valence-electron chi connectivity index (χ1n) is 20.6. The van der Waals surface area contributed by atoms with E-state index < -0.39 is 5.60 Å². The Morgan fingerprint density at radius 1 is 0.909 bits per heavy atom. The molecule has 6 nitrogen and oxygen atoms in total. The van der Waals surface area contributed by atoms with E-state index in [1.807, 2.05) is 76.8 Å². The van der Waals surface area contributed by atoms with Crippen molar-refractivity contribution in [2.24, 2.45) is 5.92 Å². The van der Waals surface area contributed by atoms with Gasteiger partial charge in [-0.15, -0.1) is 0 Å². The van der Waals surface area contributed by atoms with E-state index in [1.54, 1.807) is 12.2 Å². The van der Waals surface area contributed by atoms with Gasteiger partial charge in [0.05, 0.1) is 6.04 Å². The Morgan fingerprint density at radius 2 is 1.62 bits per heavy atom. The molecular weight excluding hydrogens is 681 g/mol. The van der Waals surface area contributed by atoms with Gasteiger partial charge in [0.1, 0.15) is 30.3 Å². The molecular formula is C49H70N2O4. The number of benzene rings is 2. The van der Waals surface area contributed by atoms with Crippen LogP contribution in [0.25, 0.3) is 5.57 Å². The molecule has 55 heavy (non-hydrogen) atoms. The minimum atomic E-state index is -0.390. The number of fused-ring (bicyclic) bond motifs is 1. The lowest BCUT2D eigenvalue weighted by Gasteiger charge is -2.38. The van der Waals surface area contributed by atoms with Crippen molar-refractivity contribution in [2.45, 2.75) is 131 Å². The highest BCUT2D eigenvalue weighted by Gasteiger charge is 2.53. The van der Waals surface area contributed by atoms with E-state index in [2.05, 4.69) is 87.4 Å². The zero-order chi connectivity index (χ0) is 40.4. The van der Waals surface area contributed by atoms with Gasteiger partial charge in [-0.1, -0.05) is 126 Å². The Balaban J connectivity index is 0.000000304. The first-order chi connectivity index (χ1) is 26.5. The number of carbonyl (C=O) groups excluding carboxylic acids is 1. The fourth-order valence-electron chi connectivity index (χ4n) is 7.16. The molecule has 0 aromatic heterocycles. The molecule has 0 radical (unpaired) electrons. The second-order valence-electron chi connectivity index (χ2n) is 15.5. The Morgan fingerprint density at radius 3 is 2.22 bits per heavy atom. The largest absolute Gasteiger partial charge is 0.493 e. The predicted octanol–water partition coefficient (Wildman–Crippen LogP) is 12.4. The number of nitrogens with zero attached hydrogens (tertiary/aromatic N) is 2. The minimum absolute atomic E-state index is 0.118. The molecule has 4 atom stereocenters. The van der Waals surface area contributed by atoms with Crippen molar-refractivity contribution in [1.82, 2.24) is 9.80 Å². The molecule has 2 saturated carbocycles. The summed E-state index contributed by atoms with van der Waals surface area (Å²) in [4.78, 5) is 16.9. The Bertz CT molecular complexity index is 1610. The SMILES string of the molecule is C=C/C=C(\C=C)COC(/C=C\C(=C(/C)OCc1ccccc1)c1ccc(C)cc1)=C\CC.CC.CCC1CCC(N2CCN(C(=O)OC(C)(C)C)C3CC32)C1. The van der Waals surface area contributed by atoms with Gasteiger partial charge in [-0.05, 0) is 108 Å². The van der Waals surface area contributed by atoms with Crippen LogP contribution in [0, 0.1) is 12.8 Å². The maximum atomic E-state index is 12.3. The van der Waals surface area contributed by atoms with E-state index in [0.29, 0.717) is 25.3 Å². The van der Waals surface area contributed by atoms with E-state index >= 15 is 0 Å². The van der Waals surface area contributed by atoms with Crippen molar-refractivity contribution in [3.63, 3.8) is 0 Å². The van der Waals surface area contributed by atoms with Crippen LogP contribution in [0.5, 0.6) is 0 Å². The highest BCUT2D eigenvalue weighted by Crippen LogP contribution is 2.43. The van der Waals surface area contributed by atoms with Crippen LogP contribution in [-0.4, -0.2) is 59.3 Å². The molecule has 3 fully saturated rings. The third-order valence-corrected chi connectivity index (χ3v) is 10.2. The Kier molecular flexibility index (Phi) is 18.8. The van der Waals surface area contributed by atoms with Gasteiger partial charge in [0.15, 0.2) is 0 Å². The van der Waals surface area contributed by atoms with Crippen LogP contribution in [0.2, 0.25) is 0 Å². The average Bonchev–Trinajstić information content (AvgIpc) is 3.84. The van der Waals surface area contributed by atoms with Crippen LogP contribution in [0.3, 0.4) is 0 Å². The minimum Gasteiger partial charge on any atom is -0.493 e. The molecule has 0 bridgehead atoms. The number of aryl methyl sites for hydroxylation is 1. The van der Waals surface area contributed by atoms with E-state index in [-0.39, 0.29) is 6.09 Å². The smallest absolute Gasteiger partial charge is 0.410 e. The maximum absolute atomic E-state index is 12.3. The third-order valence-electron chi connectivity index (χ3n) is 10.2. The van der Waals surface area contributed by atoms with Gasteiger partial charge in [0, 0.05) is 30.7 Å².